The molecule has 7 heteroatoms. The number of carbonyl (C=O) groups excluding carboxylic acids is 2. The first kappa shape index (κ1) is 17.8. The average molecular weight is 348 g/mol. The van der Waals surface area contributed by atoms with E-state index in [1.807, 2.05) is 13.8 Å². The summed E-state index contributed by atoms with van der Waals surface area (Å²) < 4.78 is 5.12. The van der Waals surface area contributed by atoms with Crippen LogP contribution in [0.15, 0.2) is 4.52 Å². The molecular formula is C18H28N4O3. The van der Waals surface area contributed by atoms with Crippen LogP contribution in [-0.2, 0) is 11.3 Å². The Morgan fingerprint density at radius 1 is 1.20 bits per heavy atom. The molecule has 7 nitrogen and oxygen atoms in total. The van der Waals surface area contributed by atoms with Crippen LogP contribution < -0.4 is 10.6 Å². The van der Waals surface area contributed by atoms with Crippen LogP contribution in [0.2, 0.25) is 0 Å². The van der Waals surface area contributed by atoms with E-state index < -0.39 is 0 Å². The topological polar surface area (TPSA) is 87.5 Å². The second-order valence-electron chi connectivity index (χ2n) is 7.24. The Bertz CT molecular complexity index is 602. The number of urea groups is 1. The first-order chi connectivity index (χ1) is 12.0. The molecule has 1 saturated carbocycles. The van der Waals surface area contributed by atoms with Gasteiger partial charge in [0.1, 0.15) is 5.76 Å². The summed E-state index contributed by atoms with van der Waals surface area (Å²) in [5, 5.41) is 9.99. The third-order valence-electron chi connectivity index (χ3n) is 5.38. The van der Waals surface area contributed by atoms with E-state index in [1.165, 1.54) is 12.8 Å². The fraction of sp³-hybridized carbons (Fsp3) is 0.722. The molecule has 0 unspecified atom stereocenters. The maximum atomic E-state index is 12.5. The molecule has 3 rings (SSSR count). The van der Waals surface area contributed by atoms with E-state index in [1.54, 1.807) is 4.90 Å². The molecule has 3 amide bonds. The molecule has 2 fully saturated rings. The van der Waals surface area contributed by atoms with Crippen LogP contribution in [0.5, 0.6) is 0 Å². The van der Waals surface area contributed by atoms with Gasteiger partial charge in [-0.1, -0.05) is 18.0 Å². The average Bonchev–Trinajstić information content (AvgIpc) is 3.23. The number of likely N-dealkylation sites (tertiary alicyclic amines) is 1. The van der Waals surface area contributed by atoms with E-state index in [0.29, 0.717) is 19.1 Å². The van der Waals surface area contributed by atoms with Crippen molar-refractivity contribution < 1.29 is 14.1 Å². The number of piperidine rings is 1. The van der Waals surface area contributed by atoms with Crippen molar-refractivity contribution in [1.29, 1.82) is 0 Å². The minimum Gasteiger partial charge on any atom is -0.361 e. The molecule has 0 spiro atoms. The molecule has 2 aliphatic rings. The van der Waals surface area contributed by atoms with Gasteiger partial charge < -0.3 is 20.1 Å². The lowest BCUT2D eigenvalue weighted by molar-refractivity contribution is -0.126. The summed E-state index contributed by atoms with van der Waals surface area (Å²) in [7, 11) is 0. The number of aryl methyl sites for hydroxylation is 2. The fourth-order valence-corrected chi connectivity index (χ4v) is 3.79. The Hall–Kier alpha value is -2.05. The van der Waals surface area contributed by atoms with E-state index in [2.05, 4.69) is 15.8 Å². The molecule has 1 saturated heterocycles. The summed E-state index contributed by atoms with van der Waals surface area (Å²) in [5.41, 5.74) is 1.74. The molecule has 1 aromatic rings. The van der Waals surface area contributed by atoms with Gasteiger partial charge in [0.05, 0.1) is 11.6 Å². The van der Waals surface area contributed by atoms with Gasteiger partial charge in [0, 0.05) is 31.2 Å². The number of amides is 3. The van der Waals surface area contributed by atoms with Crippen LogP contribution in [0.1, 0.15) is 55.5 Å². The molecule has 138 valence electrons. The molecule has 1 atom stereocenters. The molecule has 0 aromatic carbocycles. The highest BCUT2D eigenvalue weighted by atomic mass is 16.5. The zero-order chi connectivity index (χ0) is 17.8. The van der Waals surface area contributed by atoms with Crippen molar-refractivity contribution in [3.8, 4) is 0 Å². The van der Waals surface area contributed by atoms with Crippen LogP contribution in [0.25, 0.3) is 0 Å². The predicted octanol–water partition coefficient (Wildman–Crippen LogP) is 2.27. The number of hydrogen-bond acceptors (Lipinski definition) is 4. The van der Waals surface area contributed by atoms with E-state index >= 15 is 0 Å². The molecule has 0 radical (unpaired) electrons. The van der Waals surface area contributed by atoms with E-state index in [9.17, 15) is 9.59 Å². The summed E-state index contributed by atoms with van der Waals surface area (Å²) in [6.07, 6.45) is 6.21. The zero-order valence-electron chi connectivity index (χ0n) is 15.1. The fourth-order valence-electron chi connectivity index (χ4n) is 3.79. The summed E-state index contributed by atoms with van der Waals surface area (Å²) in [6, 6.07) is 0.288. The van der Waals surface area contributed by atoms with Crippen molar-refractivity contribution in [3.05, 3.63) is 17.0 Å². The minimum atomic E-state index is -0.149. The van der Waals surface area contributed by atoms with Gasteiger partial charge in [0.2, 0.25) is 5.91 Å². The number of rotatable bonds is 4. The Kier molecular flexibility index (Phi) is 5.60. The lowest BCUT2D eigenvalue weighted by Gasteiger charge is -2.33. The van der Waals surface area contributed by atoms with Crippen molar-refractivity contribution in [1.82, 2.24) is 20.7 Å². The normalized spacial score (nSPS) is 21.4. The number of carbonyl (C=O) groups is 2. The monoisotopic (exact) mass is 348 g/mol. The van der Waals surface area contributed by atoms with Gasteiger partial charge in [-0.3, -0.25) is 4.79 Å². The van der Waals surface area contributed by atoms with Gasteiger partial charge in [-0.15, -0.1) is 0 Å². The molecule has 1 aromatic heterocycles. The number of nitrogens with one attached hydrogen (secondary N) is 2. The van der Waals surface area contributed by atoms with Gasteiger partial charge in [0.25, 0.3) is 0 Å². The second-order valence-corrected chi connectivity index (χ2v) is 7.24. The maximum Gasteiger partial charge on any atom is 0.317 e. The van der Waals surface area contributed by atoms with Crippen molar-refractivity contribution in [2.24, 2.45) is 5.92 Å². The lowest BCUT2D eigenvalue weighted by atomic mass is 9.97. The number of nitrogens with zero attached hydrogens (tertiary/aromatic N) is 2. The minimum absolute atomic E-state index is 0.00151. The predicted molar refractivity (Wildman–Crippen MR) is 92.9 cm³/mol. The summed E-state index contributed by atoms with van der Waals surface area (Å²) in [6.45, 7) is 5.36. The van der Waals surface area contributed by atoms with Gasteiger partial charge in [0.15, 0.2) is 0 Å². The summed E-state index contributed by atoms with van der Waals surface area (Å²) in [4.78, 5) is 26.7. The van der Waals surface area contributed by atoms with E-state index in [-0.39, 0.29) is 17.9 Å². The highest BCUT2D eigenvalue weighted by Crippen LogP contribution is 2.20. The molecule has 1 aliphatic heterocycles. The first-order valence-electron chi connectivity index (χ1n) is 9.29. The quantitative estimate of drug-likeness (QED) is 0.874. The Labute approximate surface area is 148 Å². The Balaban J connectivity index is 1.50. The van der Waals surface area contributed by atoms with Crippen molar-refractivity contribution in [3.63, 3.8) is 0 Å². The van der Waals surface area contributed by atoms with Crippen molar-refractivity contribution >= 4 is 11.9 Å². The lowest BCUT2D eigenvalue weighted by Crippen LogP contribution is -2.50. The smallest absolute Gasteiger partial charge is 0.317 e. The molecular weight excluding hydrogens is 320 g/mol. The van der Waals surface area contributed by atoms with Crippen LogP contribution in [0.3, 0.4) is 0 Å². The van der Waals surface area contributed by atoms with Crippen LogP contribution >= 0.6 is 0 Å². The highest BCUT2D eigenvalue weighted by Gasteiger charge is 2.29. The third-order valence-corrected chi connectivity index (χ3v) is 5.38. The standard InChI is InChI=1S/C18H28N4O3/c1-12-16(13(2)25-21-12)10-19-17(23)14-6-5-9-22(11-14)18(24)20-15-7-3-4-8-15/h14-15H,3-11H2,1-2H3,(H,19,23)(H,20,24)/t14-/m0/s1. The van der Waals surface area contributed by atoms with Crippen LogP contribution in [-0.4, -0.2) is 41.1 Å². The number of aromatic nitrogens is 1. The second kappa shape index (κ2) is 7.89. The van der Waals surface area contributed by atoms with Gasteiger partial charge in [-0.05, 0) is 39.5 Å². The van der Waals surface area contributed by atoms with E-state index in [0.717, 1.165) is 49.2 Å². The maximum absolute atomic E-state index is 12.5. The first-order valence-corrected chi connectivity index (χ1v) is 9.29. The van der Waals surface area contributed by atoms with E-state index in [4.69, 9.17) is 4.52 Å². The third kappa shape index (κ3) is 4.32. The molecule has 2 N–H and O–H groups in total. The Morgan fingerprint density at radius 3 is 2.64 bits per heavy atom. The van der Waals surface area contributed by atoms with Gasteiger partial charge in [-0.25, -0.2) is 4.79 Å². The van der Waals surface area contributed by atoms with Gasteiger partial charge in [-0.2, -0.15) is 0 Å². The molecule has 0 bridgehead atoms. The van der Waals surface area contributed by atoms with Crippen molar-refractivity contribution in [2.75, 3.05) is 13.1 Å². The van der Waals surface area contributed by atoms with Crippen molar-refractivity contribution in [2.45, 2.75) is 65.0 Å². The summed E-state index contributed by atoms with van der Waals surface area (Å²) >= 11 is 0. The van der Waals surface area contributed by atoms with Crippen LogP contribution in [0, 0.1) is 19.8 Å². The molecule has 1 aliphatic carbocycles. The number of hydrogen-bond donors (Lipinski definition) is 2. The Morgan fingerprint density at radius 2 is 1.96 bits per heavy atom. The summed E-state index contributed by atoms with van der Waals surface area (Å²) in [5.74, 6) is 0.584. The molecule has 25 heavy (non-hydrogen) atoms. The largest absolute Gasteiger partial charge is 0.361 e. The SMILES string of the molecule is Cc1noc(C)c1CNC(=O)[C@H]1CCCN(C(=O)NC2CCCC2)C1. The zero-order valence-corrected chi connectivity index (χ0v) is 15.1. The highest BCUT2D eigenvalue weighted by molar-refractivity contribution is 5.81. The molecule has 2 heterocycles. The van der Waals surface area contributed by atoms with Gasteiger partial charge >= 0.3 is 6.03 Å². The van der Waals surface area contributed by atoms with Crippen LogP contribution in [0.4, 0.5) is 4.79 Å².